The molecule has 9 nitrogen and oxygen atoms in total. The number of nitrogens with two attached hydrogens (primary N) is 2. The third-order valence-electron chi connectivity index (χ3n) is 1.95. The molecule has 11 heteroatoms. The number of hydrogen-bond acceptors (Lipinski definition) is 7. The van der Waals surface area contributed by atoms with Crippen molar-refractivity contribution in [2.45, 2.75) is 0 Å². The Morgan fingerprint density at radius 3 is 2.00 bits per heavy atom. The molecule has 0 atom stereocenters. The third kappa shape index (κ3) is 8.96. The average Bonchev–Trinajstić information content (AvgIpc) is 2.37. The fraction of sp³-hybridized carbons (Fsp3) is 0. The van der Waals surface area contributed by atoms with E-state index in [4.69, 9.17) is 27.4 Å². The molecule has 22 heavy (non-hydrogen) atoms. The van der Waals surface area contributed by atoms with Crippen molar-refractivity contribution in [2.75, 3.05) is 11.5 Å². The summed E-state index contributed by atoms with van der Waals surface area (Å²) in [6.07, 6.45) is 0. The molecule has 0 fully saturated rings. The van der Waals surface area contributed by atoms with Gasteiger partial charge in [0.05, 0.1) is 5.69 Å². The first-order valence-electron chi connectivity index (χ1n) is 5.44. The summed E-state index contributed by atoms with van der Waals surface area (Å²) in [7, 11) is 0. The minimum absolute atomic E-state index is 0. The predicted molar refractivity (Wildman–Crippen MR) is 76.7 cm³/mol. The van der Waals surface area contributed by atoms with E-state index in [1.165, 1.54) is 0 Å². The molecule has 0 aliphatic carbocycles. The van der Waals surface area contributed by atoms with Crippen molar-refractivity contribution in [3.8, 4) is 0 Å². The van der Waals surface area contributed by atoms with Crippen LogP contribution in [-0.2, 0) is 21.2 Å². The van der Waals surface area contributed by atoms with Crippen LogP contribution in [0.3, 0.4) is 0 Å². The summed E-state index contributed by atoms with van der Waals surface area (Å²) in [5, 5.41) is 8.03. The van der Waals surface area contributed by atoms with Gasteiger partial charge < -0.3 is 11.5 Å². The first kappa shape index (κ1) is 19.9. The molecule has 6 N–H and O–H groups in total. The van der Waals surface area contributed by atoms with Gasteiger partial charge in [-0.3, -0.25) is 0 Å². The molecule has 0 unspecified atom stereocenters. The van der Waals surface area contributed by atoms with E-state index in [9.17, 15) is 0 Å². The van der Waals surface area contributed by atoms with Crippen molar-refractivity contribution in [1.82, 2.24) is 4.98 Å². The molecule has 0 bridgehead atoms. The molecule has 1 aromatic carbocycles. The normalized spacial score (nSPS) is 10.5. The molecule has 2 aromatic rings. The molecule has 2 rings (SSSR count). The molecule has 0 saturated carbocycles. The SMILES string of the molecule is Cl.Nc1ccc(N=Nc2ccccc2)c(N)n1.[O]=[Cr](=[O])([OH])[OH]. The average molecular weight is 368 g/mol. The molecular weight excluding hydrogens is 354 g/mol. The van der Waals surface area contributed by atoms with E-state index in [1.807, 2.05) is 30.3 Å². The van der Waals surface area contributed by atoms with Crippen molar-refractivity contribution in [1.29, 1.82) is 0 Å². The number of nitrogen functional groups attached to an aromatic ring is 2. The summed E-state index contributed by atoms with van der Waals surface area (Å²) in [4.78, 5) is 3.89. The van der Waals surface area contributed by atoms with E-state index in [1.54, 1.807) is 12.1 Å². The molecular formula is C11H14ClCrN5O4. The van der Waals surface area contributed by atoms with Crippen LogP contribution in [0.15, 0.2) is 52.7 Å². The summed E-state index contributed by atoms with van der Waals surface area (Å²) in [6.45, 7) is 0. The first-order valence-corrected chi connectivity index (χ1v) is 7.62. The van der Waals surface area contributed by atoms with E-state index in [-0.39, 0.29) is 18.2 Å². The van der Waals surface area contributed by atoms with Gasteiger partial charge in [-0.05, 0) is 24.3 Å². The molecule has 0 radical (unpaired) electrons. The fourth-order valence-corrected chi connectivity index (χ4v) is 1.17. The van der Waals surface area contributed by atoms with Crippen molar-refractivity contribution in [2.24, 2.45) is 10.2 Å². The zero-order valence-electron chi connectivity index (χ0n) is 11.1. The zero-order valence-corrected chi connectivity index (χ0v) is 13.2. The number of anilines is 2. The fourth-order valence-electron chi connectivity index (χ4n) is 1.17. The van der Waals surface area contributed by atoms with Crippen molar-refractivity contribution in [3.05, 3.63) is 42.5 Å². The summed E-state index contributed by atoms with van der Waals surface area (Å²) < 4.78 is 31.9. The van der Waals surface area contributed by atoms with Crippen LogP contribution in [0, 0.1) is 0 Å². The van der Waals surface area contributed by atoms with Crippen LogP contribution in [0.5, 0.6) is 0 Å². The Labute approximate surface area is 134 Å². The Balaban J connectivity index is 0.000000644. The topological polar surface area (TPSA) is 164 Å². The second kappa shape index (κ2) is 9.04. The summed E-state index contributed by atoms with van der Waals surface area (Å²) in [5.41, 5.74) is 12.4. The number of azo groups is 1. The standard InChI is InChI=1S/C11H11N5.ClH.Cr.2H2O.2O/c12-10-7-6-9(11(13)14-10)16-15-8-4-2-1-3-5-8;;;;;;/h1-7H,(H4,12,13,14);1H;;2*1H2;;/q;;+2;;;;/p-2. The number of rotatable bonds is 2. The molecule has 0 aliphatic heterocycles. The molecule has 0 aliphatic rings. The second-order valence-electron chi connectivity index (χ2n) is 3.62. The maximum absolute atomic E-state index is 8.82. The maximum atomic E-state index is 8.82. The Bertz CT molecular complexity index is 717. The zero-order chi connectivity index (χ0) is 15.9. The minimum atomic E-state index is -5.25. The van der Waals surface area contributed by atoms with Gasteiger partial charge in [0.25, 0.3) is 0 Å². The van der Waals surface area contributed by atoms with Gasteiger partial charge in [0.1, 0.15) is 11.5 Å². The van der Waals surface area contributed by atoms with Crippen LogP contribution in [-0.4, -0.2) is 13.3 Å². The number of hydrogen-bond donors (Lipinski definition) is 4. The first-order chi connectivity index (χ1) is 9.75. The molecule has 120 valence electrons. The van der Waals surface area contributed by atoms with Crippen LogP contribution < -0.4 is 11.5 Å². The van der Waals surface area contributed by atoms with Crippen LogP contribution in [0.25, 0.3) is 0 Å². The van der Waals surface area contributed by atoms with E-state index in [0.29, 0.717) is 11.5 Å². The van der Waals surface area contributed by atoms with E-state index >= 15 is 0 Å². The Morgan fingerprint density at radius 2 is 1.50 bits per heavy atom. The van der Waals surface area contributed by atoms with Gasteiger partial charge in [0, 0.05) is 0 Å². The summed E-state index contributed by atoms with van der Waals surface area (Å²) >= 11 is -5.25. The third-order valence-corrected chi connectivity index (χ3v) is 1.95. The van der Waals surface area contributed by atoms with Gasteiger partial charge in [-0.25, -0.2) is 4.98 Å². The number of pyridine rings is 1. The molecule has 1 heterocycles. The van der Waals surface area contributed by atoms with Crippen molar-refractivity contribution >= 4 is 35.4 Å². The van der Waals surface area contributed by atoms with Crippen LogP contribution in [0.1, 0.15) is 0 Å². The van der Waals surface area contributed by atoms with E-state index in [2.05, 4.69) is 15.2 Å². The van der Waals surface area contributed by atoms with Gasteiger partial charge in [0.2, 0.25) is 0 Å². The Hall–Kier alpha value is -2.09. The molecule has 0 amide bonds. The number of aromatic nitrogens is 1. The van der Waals surface area contributed by atoms with Crippen molar-refractivity contribution < 1.29 is 29.5 Å². The summed E-state index contributed by atoms with van der Waals surface area (Å²) in [5.74, 6) is 0.649. The van der Waals surface area contributed by atoms with Crippen molar-refractivity contribution in [3.63, 3.8) is 0 Å². The van der Waals surface area contributed by atoms with Gasteiger partial charge in [-0.2, -0.15) is 5.11 Å². The van der Waals surface area contributed by atoms with Crippen LogP contribution in [0.4, 0.5) is 23.0 Å². The monoisotopic (exact) mass is 367 g/mol. The second-order valence-corrected chi connectivity index (χ2v) is 5.02. The molecule has 0 spiro atoms. The van der Waals surface area contributed by atoms with Crippen LogP contribution in [0.2, 0.25) is 0 Å². The van der Waals surface area contributed by atoms with Gasteiger partial charge in [-0.15, -0.1) is 17.5 Å². The van der Waals surface area contributed by atoms with E-state index in [0.717, 1.165) is 5.69 Å². The van der Waals surface area contributed by atoms with Gasteiger partial charge >= 0.3 is 29.5 Å². The Kier molecular flexibility index (Phi) is 8.18. The summed E-state index contributed by atoms with van der Waals surface area (Å²) in [6, 6.07) is 12.7. The quantitative estimate of drug-likeness (QED) is 0.586. The van der Waals surface area contributed by atoms with E-state index < -0.39 is 13.6 Å². The molecule has 0 saturated heterocycles. The number of halogens is 1. The predicted octanol–water partition coefficient (Wildman–Crippen LogP) is 1.73. The number of nitrogens with zero attached hydrogens (tertiary/aromatic N) is 3. The molecule has 1 aromatic heterocycles. The van der Waals surface area contributed by atoms with Crippen LogP contribution >= 0.6 is 12.4 Å². The van der Waals surface area contributed by atoms with Gasteiger partial charge in [0.15, 0.2) is 5.82 Å². The Morgan fingerprint density at radius 1 is 0.955 bits per heavy atom. The number of benzene rings is 1. The van der Waals surface area contributed by atoms with Gasteiger partial charge in [-0.1, -0.05) is 18.2 Å².